The third-order valence-corrected chi connectivity index (χ3v) is 15.0. The zero-order valence-corrected chi connectivity index (χ0v) is 46.3. The highest BCUT2D eigenvalue weighted by Gasteiger charge is 2.55. The number of nitrogens with one attached hydrogen (secondary N) is 6. The lowest BCUT2D eigenvalue weighted by Crippen LogP contribution is -2.68. The molecule has 480 valence electrons. The normalized spacial score (nSPS) is 46.4. The summed E-state index contributed by atoms with van der Waals surface area (Å²) < 4.78 is 71.9. The van der Waals surface area contributed by atoms with Crippen LogP contribution in [0.5, 0.6) is 0 Å². The first-order valence-corrected chi connectivity index (χ1v) is 27.0. The van der Waals surface area contributed by atoms with Gasteiger partial charge in [0.1, 0.15) is 146 Å². The predicted octanol–water partition coefficient (Wildman–Crippen LogP) is -12.2. The first-order valence-electron chi connectivity index (χ1n) is 27.0. The van der Waals surface area contributed by atoms with Crippen molar-refractivity contribution in [2.24, 2.45) is 0 Å². The third kappa shape index (κ3) is 15.9. The Kier molecular flexibility index (Phi) is 23.5. The van der Waals surface area contributed by atoms with Gasteiger partial charge in [0.15, 0.2) is 37.7 Å². The molecule has 0 aromatic rings. The minimum Gasteiger partial charge on any atom is -0.388 e. The molecule has 6 amide bonds. The number of aliphatic hydroxyl groups excluding tert-OH is 12. The topological polar surface area (TPSA) is 528 Å². The quantitative estimate of drug-likeness (QED) is 0.117. The van der Waals surface area contributed by atoms with Gasteiger partial charge in [0.25, 0.3) is 0 Å². The molecule has 84 heavy (non-hydrogen) atoms. The van der Waals surface area contributed by atoms with Crippen molar-refractivity contribution in [2.45, 2.75) is 225 Å². The maximum Gasteiger partial charge on any atom is 0.217 e. The lowest BCUT2D eigenvalue weighted by molar-refractivity contribution is -0.332. The van der Waals surface area contributed by atoms with Gasteiger partial charge in [0.2, 0.25) is 35.4 Å². The Balaban J connectivity index is 1.24. The minimum atomic E-state index is -1.92. The number of carbonyl (C=O) groups is 6. The molecule has 18 N–H and O–H groups in total. The molecule has 7 fully saturated rings. The average molecular weight is 1220 g/mol. The van der Waals surface area contributed by atoms with Crippen molar-refractivity contribution in [1.82, 2.24) is 31.9 Å². The van der Waals surface area contributed by atoms with Crippen molar-refractivity contribution < 1.29 is 147 Å². The molecule has 7 aliphatic rings. The molecular weight excluding hydrogens is 1140 g/mol. The van der Waals surface area contributed by atoms with E-state index in [1.165, 1.54) is 0 Å². The highest BCUT2D eigenvalue weighted by Crippen LogP contribution is 2.33. The molecule has 7 aliphatic heterocycles. The van der Waals surface area contributed by atoms with Gasteiger partial charge in [-0.05, 0) is 0 Å². The molecule has 36 heteroatoms. The Morgan fingerprint density at radius 2 is 0.357 bits per heavy atom. The summed E-state index contributed by atoms with van der Waals surface area (Å²) in [5.74, 6) is -4.49. The van der Waals surface area contributed by atoms with Crippen LogP contribution in [0.2, 0.25) is 0 Å². The predicted molar refractivity (Wildman–Crippen MR) is 265 cm³/mol. The second kappa shape index (κ2) is 29.2. The molecule has 0 aliphatic carbocycles. The van der Waals surface area contributed by atoms with E-state index in [2.05, 4.69) is 31.9 Å². The van der Waals surface area contributed by atoms with Crippen LogP contribution in [0.1, 0.15) is 41.5 Å². The van der Waals surface area contributed by atoms with Gasteiger partial charge in [0.05, 0.1) is 39.6 Å². The van der Waals surface area contributed by atoms with Gasteiger partial charge < -0.3 is 150 Å². The number of ether oxygens (including phenoxy) is 12. The Bertz CT molecular complexity index is 1860. The van der Waals surface area contributed by atoms with E-state index in [0.717, 1.165) is 41.5 Å². The number of aliphatic hydroxyl groups is 12. The van der Waals surface area contributed by atoms with Crippen LogP contribution in [0.3, 0.4) is 0 Å². The van der Waals surface area contributed by atoms with Crippen molar-refractivity contribution in [3.63, 3.8) is 0 Å². The number of carbonyl (C=O) groups excluding carboxylic acids is 6. The Morgan fingerprint density at radius 1 is 0.238 bits per heavy atom. The minimum absolute atomic E-state index is 0.749. The zero-order valence-electron chi connectivity index (χ0n) is 46.3. The molecule has 7 heterocycles. The molecule has 0 aromatic carbocycles. The van der Waals surface area contributed by atoms with E-state index in [-0.39, 0.29) is 0 Å². The summed E-state index contributed by atoms with van der Waals surface area (Å²) in [5, 5.41) is 151. The van der Waals surface area contributed by atoms with Gasteiger partial charge >= 0.3 is 0 Å². The van der Waals surface area contributed by atoms with Crippen LogP contribution in [0.4, 0.5) is 0 Å². The highest BCUT2D eigenvalue weighted by molar-refractivity contribution is 5.75. The van der Waals surface area contributed by atoms with Gasteiger partial charge in [-0.25, -0.2) is 0 Å². The first kappa shape index (κ1) is 67.4. The highest BCUT2D eigenvalue weighted by atomic mass is 16.8. The van der Waals surface area contributed by atoms with Gasteiger partial charge in [-0.2, -0.15) is 0 Å². The van der Waals surface area contributed by atoms with Crippen molar-refractivity contribution in [1.29, 1.82) is 0 Å². The third-order valence-electron chi connectivity index (χ3n) is 15.0. The van der Waals surface area contributed by atoms with Crippen molar-refractivity contribution >= 4 is 35.4 Å². The number of hydrogen-bond donors (Lipinski definition) is 18. The molecule has 30 atom stereocenters. The van der Waals surface area contributed by atoms with E-state index >= 15 is 0 Å². The van der Waals surface area contributed by atoms with Gasteiger partial charge in [-0.3, -0.25) is 28.8 Å². The summed E-state index contributed by atoms with van der Waals surface area (Å²) in [4.78, 5) is 74.6. The molecule has 0 radical (unpaired) electrons. The van der Waals surface area contributed by atoms with Gasteiger partial charge in [-0.15, -0.1) is 0 Å². The van der Waals surface area contributed by atoms with Gasteiger partial charge in [-0.1, -0.05) is 0 Å². The van der Waals surface area contributed by atoms with Crippen LogP contribution < -0.4 is 31.9 Å². The fraction of sp³-hybridized carbons (Fsp3) is 0.875. The van der Waals surface area contributed by atoms with E-state index in [1.807, 2.05) is 0 Å². The fourth-order valence-corrected chi connectivity index (χ4v) is 10.7. The first-order chi connectivity index (χ1) is 39.6. The van der Waals surface area contributed by atoms with Crippen LogP contribution in [-0.2, 0) is 85.6 Å². The molecule has 36 nitrogen and oxygen atoms in total. The summed E-state index contributed by atoms with van der Waals surface area (Å²) in [6, 6.07) is -9.47. The molecule has 7 saturated heterocycles. The SMILES string of the molecule is CC(=O)N[C@H]1[C@@H]2OC[C@H]3O[C@@H](OC[C@H]4O[C@@H](OC[C@H]5O[C@@H](OC[C@H]6O[C@@H](OC[C@H]7O[C@@H](OC[C@@H](O2)[C@@H](O)[C@@H]1O)[C@H](NC(C)=O)[C@@H](O)[C@@H]7O)[C@H](NC(C)=O)[C@@H](O)[C@@H]6O)[C@H](NC(C)=O)[C@@H](O)[C@@H]5O)[C@H](NC(C)=O)[C@@H](O)[C@@H]4O)[C@H](NC(C)=O)[C@@H](O)[C@@H]3O. The van der Waals surface area contributed by atoms with Crippen LogP contribution in [0.25, 0.3) is 0 Å². The summed E-state index contributed by atoms with van der Waals surface area (Å²) in [7, 11) is 0. The van der Waals surface area contributed by atoms with E-state index in [4.69, 9.17) is 56.8 Å². The Hall–Kier alpha value is -4.14. The smallest absolute Gasteiger partial charge is 0.217 e. The van der Waals surface area contributed by atoms with Crippen LogP contribution in [0, 0.1) is 0 Å². The second-order valence-corrected chi connectivity index (χ2v) is 21.5. The van der Waals surface area contributed by atoms with E-state index in [1.54, 1.807) is 0 Å². The monoisotopic (exact) mass is 1220 g/mol. The number of hydrogen-bond acceptors (Lipinski definition) is 30. The van der Waals surface area contributed by atoms with Gasteiger partial charge in [0, 0.05) is 41.5 Å². The molecule has 0 aromatic heterocycles. The molecule has 7 rings (SSSR count). The fourth-order valence-electron chi connectivity index (χ4n) is 10.7. The summed E-state index contributed by atoms with van der Waals surface area (Å²) in [5.41, 5.74) is 0. The average Bonchev–Trinajstić information content (AvgIpc) is 2.26. The lowest BCUT2D eigenvalue weighted by Gasteiger charge is -2.47. The molecule has 0 spiro atoms. The molecular formula is C48H78N6O30. The van der Waals surface area contributed by atoms with Crippen molar-refractivity contribution in [3.05, 3.63) is 0 Å². The number of fused-ring (bicyclic) bond motifs is 12. The molecule has 0 unspecified atom stereocenters. The molecule has 12 bridgehead atoms. The van der Waals surface area contributed by atoms with Crippen LogP contribution in [-0.4, -0.2) is 320 Å². The van der Waals surface area contributed by atoms with Crippen molar-refractivity contribution in [2.75, 3.05) is 39.6 Å². The standard InChI is InChI=1S/C48H78N6O30/c1-13(55)49-25-37(67)31(61)19-8-74-44-27(51-15(3)57)39(69)33(63)21(81-44)10-76-46-29(53-17(5)59)41(71)35(65)23(83-46)12-78-48-30(54-18(6)60)42(72)36(66)24(84-48)11-77-47-28(52-16(4)58)40(70)34(64)22(82-47)9-75-45-26(50-14(2)56)38(68)32(62)20(80-45)7-73-43(25)79-19/h19-48,61-72H,7-12H2,1-6H3,(H,49,55)(H,50,56)(H,51,57)(H,52,58)(H,53,59)(H,54,60)/t19-,20-,21-,22-,23-,24-,25-,26-,27-,28-,29-,30-,31-,32-,33-,34-,35-,36-,37-,38-,39-,40-,41-,42-,43-,44-,45-,46-,47-,48-/m1/s1. The summed E-state index contributed by atoms with van der Waals surface area (Å²) >= 11 is 0. The Labute approximate surface area is 478 Å². The maximum atomic E-state index is 12.4. The van der Waals surface area contributed by atoms with E-state index in [0.29, 0.717) is 0 Å². The van der Waals surface area contributed by atoms with Crippen LogP contribution >= 0.6 is 0 Å². The van der Waals surface area contributed by atoms with E-state index < -0.39 is 259 Å². The number of rotatable bonds is 6. The zero-order chi connectivity index (χ0) is 61.8. The van der Waals surface area contributed by atoms with Crippen molar-refractivity contribution in [3.8, 4) is 0 Å². The lowest BCUT2D eigenvalue weighted by atomic mass is 9.95. The second-order valence-electron chi connectivity index (χ2n) is 21.5. The Morgan fingerprint density at radius 3 is 0.464 bits per heavy atom. The number of amides is 6. The van der Waals surface area contributed by atoms with Crippen LogP contribution in [0.15, 0.2) is 0 Å². The maximum absolute atomic E-state index is 12.4. The van der Waals surface area contributed by atoms with E-state index in [9.17, 15) is 90.0 Å². The summed E-state index contributed by atoms with van der Waals surface area (Å²) in [6.45, 7) is 1.69. The largest absolute Gasteiger partial charge is 0.388 e. The molecule has 0 saturated carbocycles. The summed E-state index contributed by atoms with van der Waals surface area (Å²) in [6.07, 6.45) is -43.4.